The Hall–Kier alpha value is -4.11. The second-order valence-electron chi connectivity index (χ2n) is 8.15. The molecule has 172 valence electrons. The molecule has 1 aliphatic rings. The number of benzene rings is 2. The van der Waals surface area contributed by atoms with Crippen molar-refractivity contribution >= 4 is 5.97 Å². The minimum absolute atomic E-state index is 0.0768. The van der Waals surface area contributed by atoms with E-state index in [0.717, 1.165) is 16.9 Å². The quantitative estimate of drug-likeness (QED) is 0.323. The van der Waals surface area contributed by atoms with Gasteiger partial charge < -0.3 is 9.47 Å². The lowest BCUT2D eigenvalue weighted by Gasteiger charge is -2.31. The fraction of sp³-hybridized carbons (Fsp3) is 0.240. The highest BCUT2D eigenvalue weighted by Crippen LogP contribution is 2.32. The van der Waals surface area contributed by atoms with Crippen LogP contribution in [0.1, 0.15) is 30.3 Å². The van der Waals surface area contributed by atoms with Crippen molar-refractivity contribution in [1.29, 1.82) is 0 Å². The first-order valence-electron chi connectivity index (χ1n) is 11.0. The molecule has 0 saturated carbocycles. The SMILES string of the molecule is CC(=O)OC[C@H]1O[C@H](c2cn(-c3ccccc3)nn2)C=C[C@@H]1n1cc(-c2ccc(C)cc2)nn1. The van der Waals surface area contributed by atoms with Crippen molar-refractivity contribution in [1.82, 2.24) is 30.0 Å². The van der Waals surface area contributed by atoms with Gasteiger partial charge in [-0.1, -0.05) is 70.6 Å². The fourth-order valence-electron chi connectivity index (χ4n) is 3.81. The number of ether oxygens (including phenoxy) is 2. The Kier molecular flexibility index (Phi) is 6.01. The van der Waals surface area contributed by atoms with Gasteiger partial charge in [0.1, 0.15) is 36.2 Å². The van der Waals surface area contributed by atoms with Crippen molar-refractivity contribution in [2.45, 2.75) is 32.1 Å². The maximum atomic E-state index is 11.5. The molecule has 0 bridgehead atoms. The predicted molar refractivity (Wildman–Crippen MR) is 124 cm³/mol. The molecule has 5 rings (SSSR count). The van der Waals surface area contributed by atoms with Gasteiger partial charge in [-0.05, 0) is 19.1 Å². The van der Waals surface area contributed by atoms with Crippen molar-refractivity contribution in [3.8, 4) is 16.9 Å². The summed E-state index contributed by atoms with van der Waals surface area (Å²) in [5.41, 5.74) is 4.47. The molecule has 2 aromatic heterocycles. The summed E-state index contributed by atoms with van der Waals surface area (Å²) < 4.78 is 15.0. The van der Waals surface area contributed by atoms with Crippen LogP contribution in [0, 0.1) is 6.92 Å². The fourth-order valence-corrected chi connectivity index (χ4v) is 3.81. The van der Waals surface area contributed by atoms with Gasteiger partial charge in [-0.15, -0.1) is 10.2 Å². The summed E-state index contributed by atoms with van der Waals surface area (Å²) in [4.78, 5) is 11.5. The first-order chi connectivity index (χ1) is 16.6. The summed E-state index contributed by atoms with van der Waals surface area (Å²) in [7, 11) is 0. The summed E-state index contributed by atoms with van der Waals surface area (Å²) in [6.45, 7) is 3.49. The molecule has 0 N–H and O–H groups in total. The molecule has 1 aliphatic heterocycles. The topological polar surface area (TPSA) is 97.0 Å². The van der Waals surface area contributed by atoms with Gasteiger partial charge in [0.15, 0.2) is 0 Å². The summed E-state index contributed by atoms with van der Waals surface area (Å²) in [5.74, 6) is -0.373. The number of carbonyl (C=O) groups is 1. The maximum absolute atomic E-state index is 11.5. The van der Waals surface area contributed by atoms with Crippen LogP contribution in [0.25, 0.3) is 16.9 Å². The van der Waals surface area contributed by atoms with Crippen LogP contribution in [-0.4, -0.2) is 48.7 Å². The first kappa shape index (κ1) is 21.7. The standard InChI is InChI=1S/C25H24N6O3/c1-17-8-10-19(11-9-17)21-14-31(29-26-21)23-12-13-24(34-25(23)16-33-18(2)32)22-15-30(28-27-22)20-6-4-3-5-7-20/h3-15,23-25H,16H2,1-2H3/t23-,24-,25+/m0/s1. The molecule has 3 heterocycles. The Morgan fingerprint density at radius 3 is 2.56 bits per heavy atom. The van der Waals surface area contributed by atoms with Gasteiger partial charge in [0.25, 0.3) is 0 Å². The Labute approximate surface area is 196 Å². The van der Waals surface area contributed by atoms with Gasteiger partial charge in [0.05, 0.1) is 18.1 Å². The third-order valence-corrected chi connectivity index (χ3v) is 5.62. The van der Waals surface area contributed by atoms with Gasteiger partial charge in [-0.25, -0.2) is 9.36 Å². The molecule has 0 unspecified atom stereocenters. The lowest BCUT2D eigenvalue weighted by Crippen LogP contribution is -2.35. The third-order valence-electron chi connectivity index (χ3n) is 5.62. The van der Waals surface area contributed by atoms with E-state index in [9.17, 15) is 4.79 Å². The average molecular weight is 457 g/mol. The van der Waals surface area contributed by atoms with Crippen molar-refractivity contribution in [3.05, 3.63) is 90.4 Å². The van der Waals surface area contributed by atoms with Crippen LogP contribution in [0.5, 0.6) is 0 Å². The molecular weight excluding hydrogens is 432 g/mol. The Morgan fingerprint density at radius 1 is 1.00 bits per heavy atom. The molecule has 0 amide bonds. The molecular formula is C25H24N6O3. The van der Waals surface area contributed by atoms with E-state index in [-0.39, 0.29) is 18.6 Å². The summed E-state index contributed by atoms with van der Waals surface area (Å²) >= 11 is 0. The number of hydrogen-bond donors (Lipinski definition) is 0. The number of aromatic nitrogens is 6. The molecule has 9 heteroatoms. The lowest BCUT2D eigenvalue weighted by atomic mass is 10.0. The zero-order chi connectivity index (χ0) is 23.5. The highest BCUT2D eigenvalue weighted by Gasteiger charge is 2.32. The minimum atomic E-state index is -0.478. The van der Waals surface area contributed by atoms with Gasteiger partial charge in [0, 0.05) is 12.5 Å². The maximum Gasteiger partial charge on any atom is 0.302 e. The van der Waals surface area contributed by atoms with E-state index in [4.69, 9.17) is 9.47 Å². The predicted octanol–water partition coefficient (Wildman–Crippen LogP) is 3.63. The number of nitrogens with zero attached hydrogens (tertiary/aromatic N) is 6. The number of rotatable bonds is 6. The minimum Gasteiger partial charge on any atom is -0.463 e. The number of esters is 1. The van der Waals surface area contributed by atoms with Gasteiger partial charge in [0.2, 0.25) is 0 Å². The van der Waals surface area contributed by atoms with Gasteiger partial charge in [-0.2, -0.15) is 0 Å². The smallest absolute Gasteiger partial charge is 0.302 e. The van der Waals surface area contributed by atoms with Crippen molar-refractivity contribution in [2.75, 3.05) is 6.61 Å². The summed E-state index contributed by atoms with van der Waals surface area (Å²) in [5, 5.41) is 17.2. The van der Waals surface area contributed by atoms with Gasteiger partial charge in [-0.3, -0.25) is 4.79 Å². The molecule has 0 aliphatic carbocycles. The second-order valence-corrected chi connectivity index (χ2v) is 8.15. The molecule has 34 heavy (non-hydrogen) atoms. The van der Waals surface area contributed by atoms with E-state index in [0.29, 0.717) is 5.69 Å². The van der Waals surface area contributed by atoms with Crippen molar-refractivity contribution < 1.29 is 14.3 Å². The number of aryl methyl sites for hydroxylation is 1. The number of hydrogen-bond acceptors (Lipinski definition) is 7. The van der Waals surface area contributed by atoms with Crippen LogP contribution in [0.4, 0.5) is 0 Å². The average Bonchev–Trinajstić information content (AvgIpc) is 3.54. The Balaban J connectivity index is 1.39. The van der Waals surface area contributed by atoms with E-state index < -0.39 is 12.2 Å². The van der Waals surface area contributed by atoms with Crippen LogP contribution in [0.3, 0.4) is 0 Å². The van der Waals surface area contributed by atoms with Crippen molar-refractivity contribution in [2.24, 2.45) is 0 Å². The normalized spacial score (nSPS) is 19.8. The molecule has 2 aromatic carbocycles. The number of carbonyl (C=O) groups excluding carboxylic acids is 1. The molecule has 0 fully saturated rings. The number of para-hydroxylation sites is 1. The first-order valence-corrected chi connectivity index (χ1v) is 11.0. The molecule has 0 radical (unpaired) electrons. The molecule has 0 spiro atoms. The molecule has 3 atom stereocenters. The van der Waals surface area contributed by atoms with Crippen molar-refractivity contribution in [3.63, 3.8) is 0 Å². The van der Waals surface area contributed by atoms with Crippen LogP contribution in [-0.2, 0) is 14.3 Å². The van der Waals surface area contributed by atoms with Crippen LogP contribution in [0.15, 0.2) is 79.1 Å². The second kappa shape index (κ2) is 9.40. The summed E-state index contributed by atoms with van der Waals surface area (Å²) in [6.07, 6.45) is 6.69. The highest BCUT2D eigenvalue weighted by molar-refractivity contribution is 5.65. The Morgan fingerprint density at radius 2 is 1.79 bits per heavy atom. The van der Waals surface area contributed by atoms with Crippen LogP contribution < -0.4 is 0 Å². The third kappa shape index (κ3) is 4.65. The van der Waals surface area contributed by atoms with E-state index in [1.54, 1.807) is 9.36 Å². The molecule has 0 saturated heterocycles. The van der Waals surface area contributed by atoms with Gasteiger partial charge >= 0.3 is 5.97 Å². The van der Waals surface area contributed by atoms with E-state index in [1.807, 2.05) is 86.1 Å². The highest BCUT2D eigenvalue weighted by atomic mass is 16.6. The Bertz CT molecular complexity index is 1300. The van der Waals surface area contributed by atoms with Crippen LogP contribution in [0.2, 0.25) is 0 Å². The summed E-state index contributed by atoms with van der Waals surface area (Å²) in [6, 6.07) is 17.5. The van der Waals surface area contributed by atoms with E-state index in [1.165, 1.54) is 12.5 Å². The lowest BCUT2D eigenvalue weighted by molar-refractivity contribution is -0.148. The zero-order valence-electron chi connectivity index (χ0n) is 18.9. The monoisotopic (exact) mass is 456 g/mol. The van der Waals surface area contributed by atoms with E-state index >= 15 is 0 Å². The zero-order valence-corrected chi connectivity index (χ0v) is 18.9. The van der Waals surface area contributed by atoms with E-state index in [2.05, 4.69) is 20.6 Å². The molecule has 9 nitrogen and oxygen atoms in total. The molecule has 4 aromatic rings. The van der Waals surface area contributed by atoms with Crippen LogP contribution >= 0.6 is 0 Å². The largest absolute Gasteiger partial charge is 0.463 e.